The highest BCUT2D eigenvalue weighted by molar-refractivity contribution is 6.05. The van der Waals surface area contributed by atoms with Crippen molar-refractivity contribution in [1.29, 1.82) is 5.26 Å². The van der Waals surface area contributed by atoms with Crippen molar-refractivity contribution in [3.63, 3.8) is 0 Å². The third-order valence-corrected chi connectivity index (χ3v) is 8.75. The summed E-state index contributed by atoms with van der Waals surface area (Å²) in [6, 6.07) is 30.2. The van der Waals surface area contributed by atoms with Crippen molar-refractivity contribution in [2.75, 3.05) is 16.8 Å². The molecular weight excluding hydrogens is 626 g/mol. The van der Waals surface area contributed by atoms with Crippen molar-refractivity contribution in [3.8, 4) is 11.8 Å². The van der Waals surface area contributed by atoms with E-state index in [-0.39, 0.29) is 36.5 Å². The van der Waals surface area contributed by atoms with Crippen LogP contribution in [0.25, 0.3) is 16.6 Å². The van der Waals surface area contributed by atoms with Gasteiger partial charge in [-0.15, -0.1) is 12.4 Å². The summed E-state index contributed by atoms with van der Waals surface area (Å²) in [6.45, 7) is 5.28. The van der Waals surface area contributed by atoms with Crippen LogP contribution in [0.3, 0.4) is 0 Å². The first kappa shape index (κ1) is 33.9. The number of halogens is 1. The average Bonchev–Trinajstić information content (AvgIpc) is 3.43. The summed E-state index contributed by atoms with van der Waals surface area (Å²) in [7, 11) is 1.69. The second kappa shape index (κ2) is 14.1. The third-order valence-electron chi connectivity index (χ3n) is 8.75. The molecule has 1 aromatic heterocycles. The number of nitrogens with zero attached hydrogens (tertiary/aromatic N) is 5. The van der Waals surface area contributed by atoms with Gasteiger partial charge in [0.15, 0.2) is 5.78 Å². The van der Waals surface area contributed by atoms with Crippen LogP contribution in [0.4, 0.5) is 17.1 Å². The predicted molar refractivity (Wildman–Crippen MR) is 189 cm³/mol. The van der Waals surface area contributed by atoms with Gasteiger partial charge in [0.2, 0.25) is 5.91 Å². The Morgan fingerprint density at radius 3 is 2.21 bits per heavy atom. The Morgan fingerprint density at radius 1 is 0.917 bits per heavy atom. The zero-order valence-corrected chi connectivity index (χ0v) is 27.9. The first-order chi connectivity index (χ1) is 22.7. The number of rotatable bonds is 8. The predicted octanol–water partition coefficient (Wildman–Crippen LogP) is 5.69. The van der Waals surface area contributed by atoms with Crippen LogP contribution in [0.5, 0.6) is 0 Å². The number of fused-ring (bicyclic) bond motifs is 2. The van der Waals surface area contributed by atoms with Crippen molar-refractivity contribution < 1.29 is 14.4 Å². The molecule has 11 heteroatoms. The summed E-state index contributed by atoms with van der Waals surface area (Å²) in [5, 5.41) is 21.6. The minimum absolute atomic E-state index is 0. The minimum Gasteiger partial charge on any atom is -0.341 e. The van der Waals surface area contributed by atoms with Gasteiger partial charge in [-0.2, -0.15) is 10.4 Å². The molecule has 4 aromatic carbocycles. The van der Waals surface area contributed by atoms with Crippen LogP contribution in [-0.4, -0.2) is 52.6 Å². The lowest BCUT2D eigenvalue weighted by Crippen LogP contribution is -2.58. The second-order valence-corrected chi connectivity index (χ2v) is 11.6. The number of aromatic nitrogens is 2. The Balaban J connectivity index is 0.00000451. The van der Waals surface area contributed by atoms with Crippen molar-refractivity contribution in [3.05, 3.63) is 114 Å². The molecule has 48 heavy (non-hydrogen) atoms. The molecule has 0 radical (unpaired) electrons. The van der Waals surface area contributed by atoms with Gasteiger partial charge in [-0.3, -0.25) is 14.4 Å². The first-order valence-electron chi connectivity index (χ1n) is 15.5. The lowest BCUT2D eigenvalue weighted by atomic mass is 10.0. The number of anilines is 3. The number of hydrogen-bond acceptors (Lipinski definition) is 7. The number of Topliss-reactive ketones (excluding diaryl/α,β-unsaturated/α-hetero) is 1. The molecule has 0 saturated heterocycles. The van der Waals surface area contributed by atoms with Crippen molar-refractivity contribution in [2.45, 2.75) is 45.4 Å². The monoisotopic (exact) mass is 661 g/mol. The number of benzene rings is 4. The first-order valence-corrected chi connectivity index (χ1v) is 15.5. The van der Waals surface area contributed by atoms with E-state index in [1.165, 1.54) is 6.92 Å². The highest BCUT2D eigenvalue weighted by atomic mass is 35.5. The maximum atomic E-state index is 14.7. The number of hydrogen-bond donors (Lipinski definition) is 2. The van der Waals surface area contributed by atoms with E-state index in [2.05, 4.69) is 16.7 Å². The van der Waals surface area contributed by atoms with Gasteiger partial charge < -0.3 is 20.4 Å². The fourth-order valence-electron chi connectivity index (χ4n) is 6.08. The molecule has 2 amide bonds. The minimum atomic E-state index is -0.939. The fourth-order valence-corrected chi connectivity index (χ4v) is 6.08. The molecule has 0 fully saturated rings. The Bertz CT molecular complexity index is 2040. The Hall–Kier alpha value is -5.50. The van der Waals surface area contributed by atoms with Gasteiger partial charge in [0.25, 0.3) is 5.91 Å². The van der Waals surface area contributed by atoms with Gasteiger partial charge in [-0.1, -0.05) is 42.5 Å². The van der Waals surface area contributed by atoms with Gasteiger partial charge in [-0.05, 0) is 82.4 Å². The zero-order valence-electron chi connectivity index (χ0n) is 27.0. The third kappa shape index (κ3) is 6.13. The van der Waals surface area contributed by atoms with Gasteiger partial charge in [0.1, 0.15) is 12.1 Å². The molecule has 6 rings (SSSR count). The smallest absolute Gasteiger partial charge is 0.252 e. The van der Waals surface area contributed by atoms with Crippen LogP contribution in [0, 0.1) is 11.3 Å². The quantitative estimate of drug-likeness (QED) is 0.205. The molecule has 1 aliphatic rings. The van der Waals surface area contributed by atoms with Gasteiger partial charge in [0.05, 0.1) is 52.5 Å². The summed E-state index contributed by atoms with van der Waals surface area (Å²) >= 11 is 0. The molecule has 3 atom stereocenters. The van der Waals surface area contributed by atoms with Crippen LogP contribution in [0.15, 0.2) is 97.1 Å². The van der Waals surface area contributed by atoms with Crippen molar-refractivity contribution >= 4 is 58.0 Å². The van der Waals surface area contributed by atoms with Crippen molar-refractivity contribution in [2.24, 2.45) is 0 Å². The summed E-state index contributed by atoms with van der Waals surface area (Å²) < 4.78 is 1.75. The van der Waals surface area contributed by atoms with E-state index in [1.54, 1.807) is 41.8 Å². The molecular formula is C37H36ClN7O3. The molecule has 0 aliphatic carbocycles. The number of nitrogens with one attached hydrogen (secondary N) is 2. The van der Waals surface area contributed by atoms with Crippen LogP contribution in [0.2, 0.25) is 0 Å². The summed E-state index contributed by atoms with van der Waals surface area (Å²) in [5.74, 6) is -0.642. The fraction of sp³-hybridized carbons (Fsp3) is 0.216. The van der Waals surface area contributed by atoms with E-state index in [4.69, 9.17) is 5.10 Å². The van der Waals surface area contributed by atoms with E-state index < -0.39 is 18.1 Å². The maximum absolute atomic E-state index is 14.7. The Morgan fingerprint density at radius 2 is 1.54 bits per heavy atom. The molecule has 0 spiro atoms. The van der Waals surface area contributed by atoms with Gasteiger partial charge >= 0.3 is 0 Å². The molecule has 244 valence electrons. The number of amides is 2. The largest absolute Gasteiger partial charge is 0.341 e. The molecule has 10 nitrogen and oxygen atoms in total. The van der Waals surface area contributed by atoms with Crippen LogP contribution in [0.1, 0.15) is 42.4 Å². The lowest BCUT2D eigenvalue weighted by Gasteiger charge is -2.34. The van der Waals surface area contributed by atoms with E-state index in [0.29, 0.717) is 28.2 Å². The molecule has 1 aliphatic heterocycles. The van der Waals surface area contributed by atoms with Gasteiger partial charge in [0, 0.05) is 16.6 Å². The standard InChI is InChI=1S/C37H35N7O3.ClH/c1-23(39-4)36(46)40-35-24(2)43(28-19-17-26(18-20-28)25(3)45)34-16-10-9-15-33(34)42(37(35)47)22-30-29-12-6-8-14-32(29)44(41-30)31-13-7-5-11-27(31)21-38;/h5-20,23-24,35,39H,22H2,1-4H3,(H,40,46);1H/t23-,24-,35-;/m0./s1. The van der Waals surface area contributed by atoms with E-state index in [0.717, 1.165) is 22.3 Å². The summed E-state index contributed by atoms with van der Waals surface area (Å²) in [4.78, 5) is 43.8. The normalized spacial score (nSPS) is 16.4. The highest BCUT2D eigenvalue weighted by Gasteiger charge is 2.41. The molecule has 5 aromatic rings. The molecule has 0 unspecified atom stereocenters. The number of likely N-dealkylation sites (N-methyl/N-ethyl adjacent to an activating group) is 1. The summed E-state index contributed by atoms with van der Waals surface area (Å²) in [6.07, 6.45) is 0. The number of para-hydroxylation sites is 4. The molecule has 0 bridgehead atoms. The Kier molecular flexibility index (Phi) is 9.94. The van der Waals surface area contributed by atoms with Crippen LogP contribution >= 0.6 is 12.4 Å². The number of carbonyl (C=O) groups excluding carboxylic acids is 3. The number of nitriles is 1. The lowest BCUT2D eigenvalue weighted by molar-refractivity contribution is -0.128. The van der Waals surface area contributed by atoms with E-state index in [1.807, 2.05) is 90.7 Å². The SMILES string of the molecule is CN[C@@H](C)C(=O)N[C@@H]1C(=O)N(Cc2nn(-c3ccccc3C#N)c3ccccc23)c2ccccc2N(c2ccc(C(C)=O)cc2)[C@H]1C.Cl. The van der Waals surface area contributed by atoms with Crippen molar-refractivity contribution in [1.82, 2.24) is 20.4 Å². The second-order valence-electron chi connectivity index (χ2n) is 11.6. The maximum Gasteiger partial charge on any atom is 0.252 e. The van der Waals surface area contributed by atoms with E-state index in [9.17, 15) is 19.6 Å². The van der Waals surface area contributed by atoms with Gasteiger partial charge in [-0.25, -0.2) is 4.68 Å². The molecule has 2 N–H and O–H groups in total. The van der Waals surface area contributed by atoms with E-state index >= 15 is 0 Å². The topological polar surface area (TPSA) is 123 Å². The van der Waals surface area contributed by atoms with Crippen LogP contribution in [-0.2, 0) is 16.1 Å². The summed E-state index contributed by atoms with van der Waals surface area (Å²) in [5.41, 5.74) is 5.32. The highest BCUT2D eigenvalue weighted by Crippen LogP contribution is 2.41. The average molecular weight is 662 g/mol. The number of carbonyl (C=O) groups is 3. The van der Waals surface area contributed by atoms with Crippen LogP contribution < -0.4 is 20.4 Å². The molecule has 0 saturated carbocycles. The Labute approximate surface area is 285 Å². The number of ketones is 1. The molecule has 2 heterocycles. The zero-order chi connectivity index (χ0) is 33.2.